The Hall–Kier alpha value is 0.0169. The van der Waals surface area contributed by atoms with Crippen molar-refractivity contribution in [2.45, 2.75) is 58.0 Å². The molecule has 0 spiro atoms. The lowest BCUT2D eigenvalue weighted by molar-refractivity contribution is -0.276. The standard InChI is InChI=1S/C13H29NO4Si/c1-12(2)9-8-10-13(3,4)14(12)18-11-19(15-5,16-6)17-7/h8-11H2,1-7H3. The molecule has 0 bridgehead atoms. The molecule has 1 aliphatic rings. The lowest BCUT2D eigenvalue weighted by Gasteiger charge is -2.51. The fourth-order valence-electron chi connectivity index (χ4n) is 2.90. The molecule has 5 nitrogen and oxygen atoms in total. The Morgan fingerprint density at radius 3 is 1.68 bits per heavy atom. The molecule has 1 saturated heterocycles. The Labute approximate surface area is 118 Å². The van der Waals surface area contributed by atoms with Crippen LogP contribution in [0.3, 0.4) is 0 Å². The van der Waals surface area contributed by atoms with Crippen LogP contribution in [0.15, 0.2) is 0 Å². The molecule has 0 N–H and O–H groups in total. The van der Waals surface area contributed by atoms with Gasteiger partial charge in [0.2, 0.25) is 0 Å². The van der Waals surface area contributed by atoms with Crippen molar-refractivity contribution in [3.63, 3.8) is 0 Å². The fourth-order valence-corrected chi connectivity index (χ4v) is 4.04. The molecule has 0 saturated carbocycles. The quantitative estimate of drug-likeness (QED) is 0.703. The van der Waals surface area contributed by atoms with Gasteiger partial charge in [-0.25, -0.2) is 0 Å². The monoisotopic (exact) mass is 291 g/mol. The van der Waals surface area contributed by atoms with Crippen molar-refractivity contribution in [3.8, 4) is 0 Å². The van der Waals surface area contributed by atoms with E-state index in [-0.39, 0.29) is 11.1 Å². The van der Waals surface area contributed by atoms with Gasteiger partial charge in [0.25, 0.3) is 0 Å². The van der Waals surface area contributed by atoms with Gasteiger partial charge in [0.1, 0.15) is 6.23 Å². The summed E-state index contributed by atoms with van der Waals surface area (Å²) < 4.78 is 16.2. The topological polar surface area (TPSA) is 40.2 Å². The largest absolute Gasteiger partial charge is 0.529 e. The van der Waals surface area contributed by atoms with Crippen LogP contribution in [0.1, 0.15) is 47.0 Å². The van der Waals surface area contributed by atoms with E-state index in [0.717, 1.165) is 12.8 Å². The number of hydrogen-bond acceptors (Lipinski definition) is 5. The van der Waals surface area contributed by atoms with Crippen LogP contribution in [0.4, 0.5) is 0 Å². The van der Waals surface area contributed by atoms with Crippen molar-refractivity contribution in [3.05, 3.63) is 0 Å². The zero-order chi connectivity index (χ0) is 14.7. The van der Waals surface area contributed by atoms with Crippen molar-refractivity contribution in [1.29, 1.82) is 0 Å². The second-order valence-electron chi connectivity index (χ2n) is 6.34. The molecule has 0 aromatic heterocycles. The third-order valence-electron chi connectivity index (χ3n) is 3.98. The summed E-state index contributed by atoms with van der Waals surface area (Å²) in [6.45, 7) is 8.85. The van der Waals surface area contributed by atoms with Crippen LogP contribution in [-0.2, 0) is 18.1 Å². The molecule has 1 fully saturated rings. The Balaban J connectivity index is 2.77. The molecule has 0 unspecified atom stereocenters. The van der Waals surface area contributed by atoms with E-state index in [1.54, 1.807) is 21.3 Å². The van der Waals surface area contributed by atoms with E-state index in [0.29, 0.717) is 6.23 Å². The summed E-state index contributed by atoms with van der Waals surface area (Å²) >= 11 is 0. The summed E-state index contributed by atoms with van der Waals surface area (Å²) in [7, 11) is 2.13. The van der Waals surface area contributed by atoms with Gasteiger partial charge in [-0.05, 0) is 47.0 Å². The van der Waals surface area contributed by atoms with E-state index in [4.69, 9.17) is 18.1 Å². The minimum absolute atomic E-state index is 0.0110. The first-order valence-corrected chi connectivity index (χ1v) is 8.75. The summed E-state index contributed by atoms with van der Waals surface area (Å²) in [4.78, 5) is 6.07. The average Bonchev–Trinajstić information content (AvgIpc) is 2.33. The van der Waals surface area contributed by atoms with Crippen LogP contribution in [0, 0.1) is 0 Å². The van der Waals surface area contributed by atoms with Gasteiger partial charge in [0.05, 0.1) is 0 Å². The lowest BCUT2D eigenvalue weighted by Crippen LogP contribution is -2.61. The highest BCUT2D eigenvalue weighted by Crippen LogP contribution is 2.38. The molecule has 0 aromatic carbocycles. The smallest absolute Gasteiger partial charge is 0.375 e. The van der Waals surface area contributed by atoms with Gasteiger partial charge < -0.3 is 13.3 Å². The molecule has 19 heavy (non-hydrogen) atoms. The molecule has 1 rings (SSSR count). The summed E-state index contributed by atoms with van der Waals surface area (Å²) in [5.74, 6) is 0. The molecule has 1 aliphatic heterocycles. The molecule has 1 heterocycles. The van der Waals surface area contributed by atoms with Gasteiger partial charge in [-0.2, -0.15) is 5.06 Å². The van der Waals surface area contributed by atoms with Crippen LogP contribution in [0.5, 0.6) is 0 Å². The van der Waals surface area contributed by atoms with Gasteiger partial charge in [-0.1, -0.05) is 0 Å². The molecule has 0 atom stereocenters. The predicted molar refractivity (Wildman–Crippen MR) is 76.6 cm³/mol. The minimum Gasteiger partial charge on any atom is -0.375 e. The Morgan fingerprint density at radius 2 is 1.32 bits per heavy atom. The highest BCUT2D eigenvalue weighted by atomic mass is 28.4. The first-order valence-electron chi connectivity index (χ1n) is 6.82. The summed E-state index contributed by atoms with van der Waals surface area (Å²) in [6, 6.07) is 0. The maximum atomic E-state index is 6.07. The molecule has 6 heteroatoms. The fraction of sp³-hybridized carbons (Fsp3) is 1.00. The van der Waals surface area contributed by atoms with Gasteiger partial charge >= 0.3 is 8.80 Å². The molecule has 0 radical (unpaired) electrons. The molecule has 0 aliphatic carbocycles. The highest BCUT2D eigenvalue weighted by molar-refractivity contribution is 6.60. The molecule has 0 amide bonds. The van der Waals surface area contributed by atoms with E-state index in [2.05, 4.69) is 32.8 Å². The van der Waals surface area contributed by atoms with Gasteiger partial charge in [0.15, 0.2) is 0 Å². The molecular weight excluding hydrogens is 262 g/mol. The molecule has 114 valence electrons. The second-order valence-corrected chi connectivity index (χ2v) is 9.22. The van der Waals surface area contributed by atoms with Gasteiger partial charge in [0, 0.05) is 32.4 Å². The maximum absolute atomic E-state index is 6.07. The Kier molecular flexibility index (Phi) is 5.57. The molecule has 0 aromatic rings. The molecular formula is C13H29NO4Si. The number of hydroxylamine groups is 2. The lowest BCUT2D eigenvalue weighted by atomic mass is 9.82. The third kappa shape index (κ3) is 3.77. The summed E-state index contributed by atoms with van der Waals surface area (Å²) in [6.07, 6.45) is 3.81. The van der Waals surface area contributed by atoms with Gasteiger partial charge in [-0.15, -0.1) is 0 Å². The van der Waals surface area contributed by atoms with Crippen LogP contribution in [-0.4, -0.2) is 52.5 Å². The highest BCUT2D eigenvalue weighted by Gasteiger charge is 2.46. The van der Waals surface area contributed by atoms with E-state index in [1.807, 2.05) is 0 Å². The number of hydrogen-bond donors (Lipinski definition) is 0. The summed E-state index contributed by atoms with van der Waals surface area (Å²) in [5, 5.41) is 2.10. The summed E-state index contributed by atoms with van der Waals surface area (Å²) in [5.41, 5.74) is 0.0221. The second kappa shape index (κ2) is 6.20. The minimum atomic E-state index is -2.69. The van der Waals surface area contributed by atoms with Crippen LogP contribution in [0.25, 0.3) is 0 Å². The van der Waals surface area contributed by atoms with Gasteiger partial charge in [-0.3, -0.25) is 4.84 Å². The van der Waals surface area contributed by atoms with Crippen molar-refractivity contribution in [1.82, 2.24) is 5.06 Å². The van der Waals surface area contributed by atoms with Crippen molar-refractivity contribution in [2.24, 2.45) is 0 Å². The Bertz CT molecular complexity index is 268. The van der Waals surface area contributed by atoms with Crippen molar-refractivity contribution < 1.29 is 18.1 Å². The SMILES string of the molecule is CO[Si](CON1C(C)(C)CCCC1(C)C)(OC)OC. The average molecular weight is 291 g/mol. The first kappa shape index (κ1) is 17.1. The maximum Gasteiger partial charge on any atom is 0.529 e. The van der Waals surface area contributed by atoms with Crippen LogP contribution < -0.4 is 0 Å². The van der Waals surface area contributed by atoms with E-state index in [1.165, 1.54) is 6.42 Å². The van der Waals surface area contributed by atoms with Crippen molar-refractivity contribution in [2.75, 3.05) is 27.6 Å². The van der Waals surface area contributed by atoms with E-state index in [9.17, 15) is 0 Å². The Morgan fingerprint density at radius 1 is 0.895 bits per heavy atom. The third-order valence-corrected chi connectivity index (χ3v) is 6.33. The van der Waals surface area contributed by atoms with E-state index < -0.39 is 8.80 Å². The van der Waals surface area contributed by atoms with Crippen molar-refractivity contribution >= 4 is 8.80 Å². The zero-order valence-electron chi connectivity index (χ0n) is 13.4. The first-order chi connectivity index (χ1) is 8.73. The number of piperidine rings is 1. The normalized spacial score (nSPS) is 23.5. The number of rotatable bonds is 6. The number of nitrogens with zero attached hydrogens (tertiary/aromatic N) is 1. The van der Waals surface area contributed by atoms with Crippen LogP contribution >= 0.6 is 0 Å². The zero-order valence-corrected chi connectivity index (χ0v) is 14.4. The predicted octanol–water partition coefficient (Wildman–Crippen LogP) is 2.38. The van der Waals surface area contributed by atoms with Crippen LogP contribution in [0.2, 0.25) is 0 Å². The van der Waals surface area contributed by atoms with E-state index >= 15 is 0 Å².